The van der Waals surface area contributed by atoms with E-state index in [0.717, 1.165) is 16.7 Å². The monoisotopic (exact) mass is 702 g/mol. The molecule has 1 nitrogen and oxygen atoms in total. The second-order valence-electron chi connectivity index (χ2n) is 4.43. The molecule has 0 aliphatic heterocycles. The van der Waals surface area contributed by atoms with Crippen LogP contribution in [-0.2, 0) is 0 Å². The van der Waals surface area contributed by atoms with Gasteiger partial charge in [0.2, 0.25) is 0 Å². The molecule has 14 heteroatoms. The van der Waals surface area contributed by atoms with Crippen LogP contribution in [0.25, 0.3) is 11.1 Å². The fourth-order valence-electron chi connectivity index (χ4n) is 1.44. The lowest BCUT2D eigenvalue weighted by molar-refractivity contribution is 0.824. The van der Waals surface area contributed by atoms with Crippen molar-refractivity contribution in [3.63, 3.8) is 0 Å². The van der Waals surface area contributed by atoms with Gasteiger partial charge in [-0.25, -0.2) is 0 Å². The Kier molecular flexibility index (Phi) is 26.5. The van der Waals surface area contributed by atoms with E-state index in [2.05, 4.69) is 0 Å². The van der Waals surface area contributed by atoms with Gasteiger partial charge in [-0.3, -0.25) is 0 Å². The Morgan fingerprint density at radius 2 is 0.719 bits per heavy atom. The molecule has 0 aliphatic carbocycles. The fourth-order valence-corrected chi connectivity index (χ4v) is 2.64. The summed E-state index contributed by atoms with van der Waals surface area (Å²) < 4.78 is -0.108. The number of rotatable bonds is 1. The quantitative estimate of drug-likeness (QED) is 0.264. The minimum atomic E-state index is -0.0988. The molecule has 184 valence electrons. The summed E-state index contributed by atoms with van der Waals surface area (Å²) in [7, 11) is 0. The molecule has 0 aromatic heterocycles. The molecule has 2 N–H and O–H groups in total. The standard InChI is InChI=1S/C12H4Cl6.C2Cl4.C2HCl3.2CH4.H2O/c13-7-1-5(2-8(14)11(7)17)6-3-9(15)12(18)10(16)4-6;3-1(4)2(5)6;3-1-2(4)5;;;/h1-4H;;1H;2*1H4;1H2. The van der Waals surface area contributed by atoms with Crippen LogP contribution >= 0.6 is 151 Å². The average molecular weight is 708 g/mol. The second kappa shape index (κ2) is 20.8. The molecule has 0 unspecified atom stereocenters. The van der Waals surface area contributed by atoms with Crippen molar-refractivity contribution in [1.82, 2.24) is 0 Å². The van der Waals surface area contributed by atoms with Gasteiger partial charge < -0.3 is 5.48 Å². The lowest BCUT2D eigenvalue weighted by atomic mass is 10.1. The van der Waals surface area contributed by atoms with E-state index in [1.54, 1.807) is 24.3 Å². The summed E-state index contributed by atoms with van der Waals surface area (Å²) in [4.78, 5) is 0. The Morgan fingerprint density at radius 1 is 0.531 bits per heavy atom. The van der Waals surface area contributed by atoms with E-state index in [0.29, 0.717) is 30.1 Å². The van der Waals surface area contributed by atoms with Crippen LogP contribution in [0.4, 0.5) is 0 Å². The summed E-state index contributed by atoms with van der Waals surface area (Å²) in [6.07, 6.45) is 0. The van der Waals surface area contributed by atoms with Gasteiger partial charge in [0.1, 0.15) is 13.5 Å². The Morgan fingerprint density at radius 3 is 0.844 bits per heavy atom. The molecule has 2 rings (SSSR count). The number of benzene rings is 2. The van der Waals surface area contributed by atoms with Gasteiger partial charge in [-0.1, -0.05) is 166 Å². The minimum Gasteiger partial charge on any atom is -0.412 e. The topological polar surface area (TPSA) is 31.5 Å². The fraction of sp³-hybridized carbons (Fsp3) is 0.111. The number of halogens is 13. The van der Waals surface area contributed by atoms with Crippen LogP contribution in [-0.4, -0.2) is 5.48 Å². The first-order valence-electron chi connectivity index (χ1n) is 6.58. The lowest BCUT2D eigenvalue weighted by Crippen LogP contribution is -1.82. The maximum atomic E-state index is 5.97. The van der Waals surface area contributed by atoms with Gasteiger partial charge in [0, 0.05) is 5.54 Å². The summed E-state index contributed by atoms with van der Waals surface area (Å²) >= 11 is 70.5. The van der Waals surface area contributed by atoms with E-state index in [9.17, 15) is 0 Å². The van der Waals surface area contributed by atoms with E-state index in [-0.39, 0.29) is 33.8 Å². The maximum Gasteiger partial charge on any atom is 0.136 e. The zero-order valence-electron chi connectivity index (χ0n) is 13.8. The van der Waals surface area contributed by atoms with Gasteiger partial charge in [-0.05, 0) is 35.4 Å². The molecule has 0 spiro atoms. The van der Waals surface area contributed by atoms with Crippen molar-refractivity contribution < 1.29 is 5.48 Å². The first-order valence-corrected chi connectivity index (χ1v) is 11.6. The van der Waals surface area contributed by atoms with Crippen molar-refractivity contribution in [3.8, 4) is 11.1 Å². The van der Waals surface area contributed by atoms with Crippen LogP contribution in [0.2, 0.25) is 30.1 Å². The first kappa shape index (κ1) is 40.8. The van der Waals surface area contributed by atoms with Crippen LogP contribution < -0.4 is 0 Å². The van der Waals surface area contributed by atoms with E-state index >= 15 is 0 Å². The Bertz CT molecular complexity index is 786. The zero-order valence-corrected chi connectivity index (χ0v) is 23.6. The highest BCUT2D eigenvalue weighted by Crippen LogP contribution is 2.39. The predicted octanol–water partition coefficient (Wildman–Crippen LogP) is 13.3. The number of hydrogen-bond acceptors (Lipinski definition) is 0. The summed E-state index contributed by atoms with van der Waals surface area (Å²) in [6, 6.07) is 6.74. The second-order valence-corrected chi connectivity index (χ2v) is 9.94. The molecule has 2 aromatic carbocycles. The van der Waals surface area contributed by atoms with Gasteiger partial charge in [0.05, 0.1) is 30.1 Å². The van der Waals surface area contributed by atoms with Crippen molar-refractivity contribution >= 4 is 151 Å². The van der Waals surface area contributed by atoms with Crippen LogP contribution in [0.3, 0.4) is 0 Å². The van der Waals surface area contributed by atoms with E-state index < -0.39 is 0 Å². The Balaban J connectivity index is -0.000000238. The zero-order chi connectivity index (χ0) is 22.9. The first-order chi connectivity index (χ1) is 13.3. The third-order valence-electron chi connectivity index (χ3n) is 2.53. The molecule has 0 bridgehead atoms. The molecule has 2 aromatic rings. The molecule has 0 heterocycles. The average Bonchev–Trinajstić information content (AvgIpc) is 2.64. The predicted molar refractivity (Wildman–Crippen MR) is 155 cm³/mol. The van der Waals surface area contributed by atoms with E-state index in [1.165, 1.54) is 0 Å². The maximum absolute atomic E-state index is 5.97. The summed E-state index contributed by atoms with van der Waals surface area (Å²) in [5.74, 6) is 0. The smallest absolute Gasteiger partial charge is 0.136 e. The highest BCUT2D eigenvalue weighted by Gasteiger charge is 2.11. The van der Waals surface area contributed by atoms with Crippen molar-refractivity contribution in [2.75, 3.05) is 0 Å². The molecule has 0 saturated carbocycles. The Hall–Kier alpha value is 1.65. The molecule has 32 heavy (non-hydrogen) atoms. The molecule has 0 atom stereocenters. The normalized spacial score (nSPS) is 8.66. The van der Waals surface area contributed by atoms with Crippen LogP contribution in [0.15, 0.2) is 43.3 Å². The van der Waals surface area contributed by atoms with Gasteiger partial charge in [-0.15, -0.1) is 0 Å². The van der Waals surface area contributed by atoms with Crippen molar-refractivity contribution in [2.24, 2.45) is 0 Å². The molecule has 0 radical (unpaired) electrons. The summed E-state index contributed by atoms with van der Waals surface area (Å²) in [5, 5.41) is 2.08. The molecule has 0 fully saturated rings. The van der Waals surface area contributed by atoms with Gasteiger partial charge in [0.25, 0.3) is 0 Å². The van der Waals surface area contributed by atoms with Crippen molar-refractivity contribution in [1.29, 1.82) is 0 Å². The molecule has 0 saturated heterocycles. The van der Waals surface area contributed by atoms with Gasteiger partial charge >= 0.3 is 0 Å². The molecular weight excluding hydrogens is 693 g/mol. The van der Waals surface area contributed by atoms with Crippen molar-refractivity contribution in [3.05, 3.63) is 73.4 Å². The van der Waals surface area contributed by atoms with Crippen LogP contribution in [0, 0.1) is 0 Å². The minimum absolute atomic E-state index is 0. The van der Waals surface area contributed by atoms with Crippen LogP contribution in [0.1, 0.15) is 14.9 Å². The highest BCUT2D eigenvalue weighted by molar-refractivity contribution is 6.67. The Labute approximate surface area is 253 Å². The van der Waals surface area contributed by atoms with Crippen molar-refractivity contribution in [2.45, 2.75) is 14.9 Å². The summed E-state index contributed by atoms with van der Waals surface area (Å²) in [6.45, 7) is 0. The summed E-state index contributed by atoms with van der Waals surface area (Å²) in [5.41, 5.74) is 2.60. The lowest BCUT2D eigenvalue weighted by Gasteiger charge is -2.08. The SMILES string of the molecule is C.C.ClC(Cl)=C(Cl)Cl.ClC=C(Cl)Cl.Clc1cc(-c2cc(Cl)c(Cl)c(Cl)c2)cc(Cl)c1Cl.O. The third kappa shape index (κ3) is 15.6. The highest BCUT2D eigenvalue weighted by atomic mass is 35.5. The molecular formula is C18H15Cl13O. The number of hydrogen-bond donors (Lipinski definition) is 0. The van der Waals surface area contributed by atoms with Crippen LogP contribution in [0.5, 0.6) is 0 Å². The largest absolute Gasteiger partial charge is 0.412 e. The molecule has 0 amide bonds. The van der Waals surface area contributed by atoms with Gasteiger partial charge in [-0.2, -0.15) is 0 Å². The van der Waals surface area contributed by atoms with Gasteiger partial charge in [0.15, 0.2) is 0 Å². The van der Waals surface area contributed by atoms with E-state index in [4.69, 9.17) is 151 Å². The van der Waals surface area contributed by atoms with E-state index in [1.807, 2.05) is 0 Å². The molecule has 0 aliphatic rings. The third-order valence-corrected chi connectivity index (χ3v) is 6.72.